The van der Waals surface area contributed by atoms with Gasteiger partial charge in [0.1, 0.15) is 0 Å². The molecule has 1 aromatic rings. The van der Waals surface area contributed by atoms with Crippen molar-refractivity contribution in [3.63, 3.8) is 0 Å². The number of rotatable bonds is 11. The SMILES string of the molecule is CC(OCC1CCCO1)C(=O)OCC(=O)N(C)CCCCc1ccccc1. The first-order valence-corrected chi connectivity index (χ1v) is 9.74. The van der Waals surface area contributed by atoms with Crippen molar-refractivity contribution in [1.82, 2.24) is 4.90 Å². The van der Waals surface area contributed by atoms with Gasteiger partial charge in [-0.25, -0.2) is 4.79 Å². The highest BCUT2D eigenvalue weighted by Crippen LogP contribution is 2.13. The molecule has 1 saturated heterocycles. The molecule has 0 aliphatic carbocycles. The summed E-state index contributed by atoms with van der Waals surface area (Å²) in [6, 6.07) is 10.3. The molecule has 0 N–H and O–H groups in total. The molecule has 2 atom stereocenters. The molecule has 0 bridgehead atoms. The molecule has 0 radical (unpaired) electrons. The van der Waals surface area contributed by atoms with Crippen molar-refractivity contribution in [2.45, 2.75) is 51.2 Å². The second-order valence-corrected chi connectivity index (χ2v) is 6.98. The number of unbranched alkanes of at least 4 members (excludes halogenated alkanes) is 1. The summed E-state index contributed by atoms with van der Waals surface area (Å²) in [6.07, 6.45) is 4.26. The molecular weight excluding hydrogens is 346 g/mol. The molecule has 2 unspecified atom stereocenters. The van der Waals surface area contributed by atoms with Crippen LogP contribution in [0.4, 0.5) is 0 Å². The number of ether oxygens (including phenoxy) is 3. The maximum atomic E-state index is 12.1. The Morgan fingerprint density at radius 3 is 2.74 bits per heavy atom. The van der Waals surface area contributed by atoms with Gasteiger partial charge in [-0.3, -0.25) is 4.79 Å². The van der Waals surface area contributed by atoms with Gasteiger partial charge in [0.15, 0.2) is 12.7 Å². The highest BCUT2D eigenvalue weighted by atomic mass is 16.6. The van der Waals surface area contributed by atoms with E-state index in [9.17, 15) is 9.59 Å². The molecule has 1 aliphatic rings. The summed E-state index contributed by atoms with van der Waals surface area (Å²) >= 11 is 0. The smallest absolute Gasteiger partial charge is 0.335 e. The zero-order valence-corrected chi connectivity index (χ0v) is 16.4. The second kappa shape index (κ2) is 11.7. The number of aryl methyl sites for hydroxylation is 1. The summed E-state index contributed by atoms with van der Waals surface area (Å²) in [6.45, 7) is 3.16. The van der Waals surface area contributed by atoms with Gasteiger partial charge in [-0.1, -0.05) is 30.3 Å². The average molecular weight is 377 g/mol. The quantitative estimate of drug-likeness (QED) is 0.438. The zero-order chi connectivity index (χ0) is 19.5. The second-order valence-electron chi connectivity index (χ2n) is 6.98. The number of amides is 1. The van der Waals surface area contributed by atoms with E-state index in [1.807, 2.05) is 18.2 Å². The van der Waals surface area contributed by atoms with Gasteiger partial charge in [-0.2, -0.15) is 0 Å². The fraction of sp³-hybridized carbons (Fsp3) is 0.619. The zero-order valence-electron chi connectivity index (χ0n) is 16.4. The summed E-state index contributed by atoms with van der Waals surface area (Å²) in [4.78, 5) is 25.6. The lowest BCUT2D eigenvalue weighted by atomic mass is 10.1. The van der Waals surface area contributed by atoms with Gasteiger partial charge < -0.3 is 19.1 Å². The fourth-order valence-corrected chi connectivity index (χ4v) is 2.90. The van der Waals surface area contributed by atoms with E-state index in [1.165, 1.54) is 5.56 Å². The minimum Gasteiger partial charge on any atom is -0.454 e. The number of benzene rings is 1. The van der Waals surface area contributed by atoms with Crippen molar-refractivity contribution in [3.05, 3.63) is 35.9 Å². The number of hydrogen-bond donors (Lipinski definition) is 0. The molecule has 0 aromatic heterocycles. The molecule has 1 heterocycles. The van der Waals surface area contributed by atoms with E-state index in [-0.39, 0.29) is 18.6 Å². The van der Waals surface area contributed by atoms with Crippen molar-refractivity contribution in [3.8, 4) is 0 Å². The van der Waals surface area contributed by atoms with Gasteiger partial charge in [0.05, 0.1) is 12.7 Å². The average Bonchev–Trinajstić information content (AvgIpc) is 3.21. The van der Waals surface area contributed by atoms with Crippen molar-refractivity contribution in [1.29, 1.82) is 0 Å². The van der Waals surface area contributed by atoms with Crippen LogP contribution in [-0.4, -0.2) is 62.4 Å². The van der Waals surface area contributed by atoms with Crippen LogP contribution in [-0.2, 0) is 30.2 Å². The first-order chi connectivity index (χ1) is 13.1. The van der Waals surface area contributed by atoms with Crippen LogP contribution in [0.15, 0.2) is 30.3 Å². The van der Waals surface area contributed by atoms with Gasteiger partial charge in [0.25, 0.3) is 5.91 Å². The van der Waals surface area contributed by atoms with E-state index in [1.54, 1.807) is 18.9 Å². The van der Waals surface area contributed by atoms with E-state index in [2.05, 4.69) is 12.1 Å². The topological polar surface area (TPSA) is 65.1 Å². The van der Waals surface area contributed by atoms with Crippen LogP contribution in [0.1, 0.15) is 38.2 Å². The maximum absolute atomic E-state index is 12.1. The number of carbonyl (C=O) groups excluding carboxylic acids is 2. The van der Waals surface area contributed by atoms with Crippen molar-refractivity contribution >= 4 is 11.9 Å². The molecule has 1 aliphatic heterocycles. The summed E-state index contributed by atoms with van der Waals surface area (Å²) in [5.74, 6) is -0.715. The Bertz CT molecular complexity index is 571. The van der Waals surface area contributed by atoms with Crippen molar-refractivity contribution in [2.24, 2.45) is 0 Å². The molecule has 0 saturated carbocycles. The third-order valence-electron chi connectivity index (χ3n) is 4.70. The molecule has 0 spiro atoms. The highest BCUT2D eigenvalue weighted by molar-refractivity contribution is 5.81. The number of hydrogen-bond acceptors (Lipinski definition) is 5. The molecule has 150 valence electrons. The van der Waals surface area contributed by atoms with Crippen molar-refractivity contribution in [2.75, 3.05) is 33.4 Å². The van der Waals surface area contributed by atoms with Gasteiger partial charge in [-0.15, -0.1) is 0 Å². The molecule has 6 heteroatoms. The van der Waals surface area contributed by atoms with Gasteiger partial charge in [-0.05, 0) is 44.6 Å². The third kappa shape index (κ3) is 8.10. The van der Waals surface area contributed by atoms with Crippen LogP contribution >= 0.6 is 0 Å². The normalized spacial score (nSPS) is 17.5. The summed E-state index contributed by atoms with van der Waals surface area (Å²) in [7, 11) is 1.73. The van der Waals surface area contributed by atoms with E-state index in [0.29, 0.717) is 13.2 Å². The number of esters is 1. The Hall–Kier alpha value is -1.92. The Balaban J connectivity index is 1.55. The minimum absolute atomic E-state index is 0.0592. The molecule has 27 heavy (non-hydrogen) atoms. The molecule has 6 nitrogen and oxygen atoms in total. The Labute approximate surface area is 161 Å². The van der Waals surface area contributed by atoms with E-state index < -0.39 is 12.1 Å². The maximum Gasteiger partial charge on any atom is 0.335 e. The molecule has 1 fully saturated rings. The number of likely N-dealkylation sites (N-methyl/N-ethyl adjacent to an activating group) is 1. The summed E-state index contributed by atoms with van der Waals surface area (Å²) in [5.41, 5.74) is 1.30. The highest BCUT2D eigenvalue weighted by Gasteiger charge is 2.21. The standard InChI is InChI=1S/C21H31NO5/c1-17(26-15-19-12-8-14-25-19)21(24)27-16-20(23)22(2)13-7-6-11-18-9-4-3-5-10-18/h3-5,9-10,17,19H,6-8,11-16H2,1-2H3. The predicted octanol–water partition coefficient (Wildman–Crippen LogP) is 2.59. The van der Waals surface area contributed by atoms with Crippen LogP contribution in [0.5, 0.6) is 0 Å². The monoisotopic (exact) mass is 377 g/mol. The summed E-state index contributed by atoms with van der Waals surface area (Å²) in [5, 5.41) is 0. The largest absolute Gasteiger partial charge is 0.454 e. The van der Waals surface area contributed by atoms with Crippen LogP contribution in [0, 0.1) is 0 Å². The lowest BCUT2D eigenvalue weighted by molar-refractivity contribution is -0.162. The first kappa shape index (κ1) is 21.4. The summed E-state index contributed by atoms with van der Waals surface area (Å²) < 4.78 is 16.0. The van der Waals surface area contributed by atoms with Gasteiger partial charge >= 0.3 is 5.97 Å². The first-order valence-electron chi connectivity index (χ1n) is 9.74. The lowest BCUT2D eigenvalue weighted by Crippen LogP contribution is -2.34. The Kier molecular flexibility index (Phi) is 9.28. The molecule has 1 amide bonds. The molecule has 1 aromatic carbocycles. The minimum atomic E-state index is -0.696. The van der Waals surface area contributed by atoms with Crippen LogP contribution in [0.25, 0.3) is 0 Å². The Morgan fingerprint density at radius 2 is 2.04 bits per heavy atom. The van der Waals surface area contributed by atoms with Gasteiger partial charge in [0, 0.05) is 20.2 Å². The predicted molar refractivity (Wildman–Crippen MR) is 102 cm³/mol. The molecule has 2 rings (SSSR count). The van der Waals surface area contributed by atoms with Crippen LogP contribution in [0.2, 0.25) is 0 Å². The van der Waals surface area contributed by atoms with E-state index in [4.69, 9.17) is 14.2 Å². The third-order valence-corrected chi connectivity index (χ3v) is 4.70. The van der Waals surface area contributed by atoms with E-state index in [0.717, 1.165) is 38.7 Å². The number of carbonyl (C=O) groups is 2. The van der Waals surface area contributed by atoms with Gasteiger partial charge in [0.2, 0.25) is 0 Å². The number of nitrogens with zero attached hydrogens (tertiary/aromatic N) is 1. The lowest BCUT2D eigenvalue weighted by Gasteiger charge is -2.18. The van der Waals surface area contributed by atoms with E-state index >= 15 is 0 Å². The fourth-order valence-electron chi connectivity index (χ4n) is 2.90. The van der Waals surface area contributed by atoms with Crippen molar-refractivity contribution < 1.29 is 23.8 Å². The van der Waals surface area contributed by atoms with Crippen LogP contribution < -0.4 is 0 Å². The van der Waals surface area contributed by atoms with Crippen LogP contribution in [0.3, 0.4) is 0 Å². The molecular formula is C21H31NO5. The Morgan fingerprint density at radius 1 is 1.26 bits per heavy atom.